The Bertz CT molecular complexity index is 1050. The maximum Gasteiger partial charge on any atom is 0.297 e. The van der Waals surface area contributed by atoms with Crippen molar-refractivity contribution in [3.63, 3.8) is 0 Å². The summed E-state index contributed by atoms with van der Waals surface area (Å²) in [5.41, 5.74) is 1.29. The number of hydrogen-bond donors (Lipinski definition) is 0. The highest BCUT2D eigenvalue weighted by Gasteiger charge is 2.36. The van der Waals surface area contributed by atoms with E-state index in [1.165, 1.54) is 54.3 Å². The lowest BCUT2D eigenvalue weighted by atomic mass is 9.74. The molecular formula is C20H21ClO5S3. The van der Waals surface area contributed by atoms with Gasteiger partial charge in [-0.1, -0.05) is 25.4 Å². The number of Topliss-reactive ketones (excluding diaryl/α,β-unsaturated/α-hetero) is 2. The first-order valence-corrected chi connectivity index (χ1v) is 12.6. The van der Waals surface area contributed by atoms with E-state index in [2.05, 4.69) is 0 Å². The second-order valence-corrected chi connectivity index (χ2v) is 12.1. The van der Waals surface area contributed by atoms with E-state index in [1.54, 1.807) is 0 Å². The number of carbonyl (C=O) groups excluding carboxylic acids is 2. The lowest BCUT2D eigenvalue weighted by molar-refractivity contribution is 0.0910. The summed E-state index contributed by atoms with van der Waals surface area (Å²) in [6.45, 7) is 5.52. The number of benzene rings is 1. The molecule has 1 aliphatic rings. The Kier molecular flexibility index (Phi) is 6.60. The molecule has 0 aliphatic heterocycles. The van der Waals surface area contributed by atoms with Gasteiger partial charge in [0.1, 0.15) is 0 Å². The molecule has 1 aliphatic carbocycles. The van der Waals surface area contributed by atoms with Crippen LogP contribution in [0.2, 0.25) is 5.02 Å². The molecule has 9 heteroatoms. The molecule has 0 N–H and O–H groups in total. The minimum absolute atomic E-state index is 0.0386. The molecule has 0 radical (unpaired) electrons. The molecule has 0 saturated carbocycles. The van der Waals surface area contributed by atoms with Crippen LogP contribution in [0.1, 0.15) is 52.8 Å². The molecule has 0 spiro atoms. The van der Waals surface area contributed by atoms with Crippen LogP contribution >= 0.6 is 34.7 Å². The molecule has 1 aromatic heterocycles. The van der Waals surface area contributed by atoms with E-state index in [1.807, 2.05) is 13.8 Å². The van der Waals surface area contributed by atoms with Gasteiger partial charge in [0.05, 0.1) is 20.6 Å². The fraction of sp³-hybridized carbons (Fsp3) is 0.400. The monoisotopic (exact) mass is 472 g/mol. The number of thioether (sulfide) groups is 1. The van der Waals surface area contributed by atoms with Gasteiger partial charge in [-0.2, -0.15) is 8.42 Å². The molecule has 0 fully saturated rings. The summed E-state index contributed by atoms with van der Waals surface area (Å²) in [6.07, 6.45) is 1.12. The molecule has 156 valence electrons. The number of hydrogen-bond acceptors (Lipinski definition) is 7. The molecule has 0 saturated heterocycles. The highest BCUT2D eigenvalue weighted by atomic mass is 35.5. The quantitative estimate of drug-likeness (QED) is 0.237. The molecule has 0 amide bonds. The first-order valence-electron chi connectivity index (χ1n) is 8.98. The third-order valence-electron chi connectivity index (χ3n) is 4.53. The zero-order chi connectivity index (χ0) is 21.4. The Hall–Kier alpha value is -1.19. The standard InChI is InChI=1S/C20H21ClO5S3/c1-12(22)18-15-10-20(2,3)11-16(23)17(15)19(28-18)27-9-8-26-29(24,25)14-6-4-13(21)5-7-14/h4-7H,8-11H2,1-3H3. The average molecular weight is 473 g/mol. The lowest BCUT2D eigenvalue weighted by Crippen LogP contribution is -2.27. The highest BCUT2D eigenvalue weighted by molar-refractivity contribution is 8.01. The zero-order valence-electron chi connectivity index (χ0n) is 16.3. The third kappa shape index (κ3) is 5.11. The number of fused-ring (bicyclic) bond motifs is 1. The van der Waals surface area contributed by atoms with Crippen LogP contribution in [0.15, 0.2) is 33.4 Å². The normalized spacial score (nSPS) is 15.9. The Balaban J connectivity index is 1.71. The summed E-state index contributed by atoms with van der Waals surface area (Å²) < 4.78 is 30.3. The van der Waals surface area contributed by atoms with Gasteiger partial charge in [0, 0.05) is 22.8 Å². The number of halogens is 1. The van der Waals surface area contributed by atoms with Gasteiger partial charge in [0.25, 0.3) is 10.1 Å². The first-order chi connectivity index (χ1) is 13.5. The fourth-order valence-corrected chi connectivity index (χ4v) is 6.86. The first kappa shape index (κ1) is 22.5. The van der Waals surface area contributed by atoms with E-state index in [0.717, 1.165) is 9.77 Å². The molecule has 0 atom stereocenters. The van der Waals surface area contributed by atoms with Gasteiger partial charge in [-0.25, -0.2) is 0 Å². The maximum absolute atomic E-state index is 12.7. The molecular weight excluding hydrogens is 452 g/mol. The molecule has 1 heterocycles. The summed E-state index contributed by atoms with van der Waals surface area (Å²) >= 11 is 8.45. The van der Waals surface area contributed by atoms with Gasteiger partial charge in [0.15, 0.2) is 11.6 Å². The van der Waals surface area contributed by atoms with Crippen molar-refractivity contribution in [3.05, 3.63) is 45.3 Å². The van der Waals surface area contributed by atoms with E-state index < -0.39 is 10.1 Å². The highest BCUT2D eigenvalue weighted by Crippen LogP contribution is 2.45. The summed E-state index contributed by atoms with van der Waals surface area (Å²) in [7, 11) is -3.87. The van der Waals surface area contributed by atoms with Gasteiger partial charge in [-0.05, 0) is 48.6 Å². The minimum atomic E-state index is -3.87. The predicted octanol–water partition coefficient (Wildman–Crippen LogP) is 5.26. The van der Waals surface area contributed by atoms with Gasteiger partial charge >= 0.3 is 0 Å². The number of thiophene rings is 1. The van der Waals surface area contributed by atoms with Crippen LogP contribution in [0, 0.1) is 5.41 Å². The second-order valence-electron chi connectivity index (χ2n) is 7.65. The summed E-state index contributed by atoms with van der Waals surface area (Å²) in [6, 6.07) is 5.75. The van der Waals surface area contributed by atoms with Crippen molar-refractivity contribution in [2.45, 2.75) is 42.7 Å². The average Bonchev–Trinajstić information content (AvgIpc) is 2.96. The molecule has 0 unspecified atom stereocenters. The summed E-state index contributed by atoms with van der Waals surface area (Å²) in [4.78, 5) is 25.4. The maximum atomic E-state index is 12.7. The van der Waals surface area contributed by atoms with Crippen molar-refractivity contribution in [3.8, 4) is 0 Å². The van der Waals surface area contributed by atoms with Gasteiger partial charge in [0.2, 0.25) is 0 Å². The zero-order valence-corrected chi connectivity index (χ0v) is 19.5. The molecule has 5 nitrogen and oxygen atoms in total. The number of ketones is 2. The predicted molar refractivity (Wildman–Crippen MR) is 116 cm³/mol. The van der Waals surface area contributed by atoms with Crippen molar-refractivity contribution in [2.24, 2.45) is 5.41 Å². The van der Waals surface area contributed by atoms with Crippen LogP contribution in [0.3, 0.4) is 0 Å². The van der Waals surface area contributed by atoms with Crippen LogP contribution in [-0.4, -0.2) is 32.3 Å². The van der Waals surface area contributed by atoms with Crippen LogP contribution < -0.4 is 0 Å². The van der Waals surface area contributed by atoms with Crippen molar-refractivity contribution < 1.29 is 22.2 Å². The topological polar surface area (TPSA) is 77.5 Å². The molecule has 0 bridgehead atoms. The summed E-state index contributed by atoms with van der Waals surface area (Å²) in [5, 5.41) is 0.441. The van der Waals surface area contributed by atoms with E-state index >= 15 is 0 Å². The van der Waals surface area contributed by atoms with Crippen molar-refractivity contribution in [1.82, 2.24) is 0 Å². The smallest absolute Gasteiger partial charge is 0.294 e. The Morgan fingerprint density at radius 1 is 1.24 bits per heavy atom. The van der Waals surface area contributed by atoms with Crippen molar-refractivity contribution in [1.29, 1.82) is 0 Å². The van der Waals surface area contributed by atoms with Gasteiger partial charge in [-0.15, -0.1) is 23.1 Å². The van der Waals surface area contributed by atoms with E-state index in [9.17, 15) is 18.0 Å². The van der Waals surface area contributed by atoms with Gasteiger partial charge in [-0.3, -0.25) is 13.8 Å². The van der Waals surface area contributed by atoms with E-state index in [-0.39, 0.29) is 28.5 Å². The van der Waals surface area contributed by atoms with Crippen molar-refractivity contribution in [2.75, 3.05) is 12.4 Å². The van der Waals surface area contributed by atoms with Crippen LogP contribution in [0.5, 0.6) is 0 Å². The Morgan fingerprint density at radius 3 is 2.52 bits per heavy atom. The van der Waals surface area contributed by atoms with Crippen molar-refractivity contribution >= 4 is 56.4 Å². The molecule has 1 aromatic carbocycles. The Labute approximate surface area is 183 Å². The molecule has 3 rings (SSSR count). The largest absolute Gasteiger partial charge is 0.297 e. The molecule has 2 aromatic rings. The number of carbonyl (C=O) groups is 2. The van der Waals surface area contributed by atoms with Gasteiger partial charge < -0.3 is 0 Å². The van der Waals surface area contributed by atoms with Crippen LogP contribution in [-0.2, 0) is 20.7 Å². The van der Waals surface area contributed by atoms with Crippen LogP contribution in [0.25, 0.3) is 0 Å². The van der Waals surface area contributed by atoms with E-state index in [0.29, 0.717) is 34.1 Å². The summed E-state index contributed by atoms with van der Waals surface area (Å²) in [5.74, 6) is 0.329. The van der Waals surface area contributed by atoms with E-state index in [4.69, 9.17) is 15.8 Å². The second kappa shape index (κ2) is 8.51. The minimum Gasteiger partial charge on any atom is -0.294 e. The van der Waals surface area contributed by atoms with Crippen LogP contribution in [0.4, 0.5) is 0 Å². The Morgan fingerprint density at radius 2 is 1.90 bits per heavy atom. The molecule has 29 heavy (non-hydrogen) atoms. The lowest BCUT2D eigenvalue weighted by Gasteiger charge is -2.29. The third-order valence-corrected chi connectivity index (χ3v) is 8.67. The SMILES string of the molecule is CC(=O)c1sc(SCCOS(=O)(=O)c2ccc(Cl)cc2)c2c1CC(C)(C)CC2=O. The number of rotatable bonds is 7. The fourth-order valence-electron chi connectivity index (χ4n) is 3.29.